The van der Waals surface area contributed by atoms with E-state index in [1.165, 1.54) is 11.3 Å². The van der Waals surface area contributed by atoms with Crippen molar-refractivity contribution in [1.29, 1.82) is 0 Å². The number of phenols is 1. The predicted molar refractivity (Wildman–Crippen MR) is 86.8 cm³/mol. The number of anilines is 1. The Morgan fingerprint density at radius 3 is 2.26 bits per heavy atom. The number of nitrogens with zero attached hydrogens (tertiary/aromatic N) is 1. The molecule has 0 aliphatic carbocycles. The first kappa shape index (κ1) is 14.4. The van der Waals surface area contributed by atoms with Crippen LogP contribution < -0.4 is 4.90 Å². The van der Waals surface area contributed by atoms with E-state index in [4.69, 9.17) is 0 Å². The zero-order valence-electron chi connectivity index (χ0n) is 10.8. The number of para-hydroxylation sites is 1. The molecule has 0 fully saturated rings. The molecule has 2 nitrogen and oxygen atoms in total. The molecule has 2 aromatic carbocycles. The van der Waals surface area contributed by atoms with E-state index in [-0.39, 0.29) is 5.75 Å². The Labute approximate surface area is 130 Å². The van der Waals surface area contributed by atoms with Crippen molar-refractivity contribution in [3.63, 3.8) is 0 Å². The van der Waals surface area contributed by atoms with Gasteiger partial charge >= 0.3 is 0 Å². The van der Waals surface area contributed by atoms with Crippen LogP contribution in [-0.2, 0) is 6.54 Å². The normalized spacial score (nSPS) is 10.5. The first-order valence-electron chi connectivity index (χ1n) is 5.92. The molecule has 0 saturated heterocycles. The fourth-order valence-corrected chi connectivity index (χ4v) is 3.34. The quantitative estimate of drug-likeness (QED) is 0.816. The summed E-state index contributed by atoms with van der Waals surface area (Å²) in [6.07, 6.45) is 0. The summed E-state index contributed by atoms with van der Waals surface area (Å²) in [5, 5.41) is 9.72. The Morgan fingerprint density at radius 1 is 1.11 bits per heavy atom. The van der Waals surface area contributed by atoms with E-state index in [0.717, 1.165) is 12.1 Å². The van der Waals surface area contributed by atoms with Crippen LogP contribution >= 0.6 is 31.9 Å². The number of rotatable bonds is 3. The minimum absolute atomic E-state index is 0.238. The molecule has 2 rings (SSSR count). The summed E-state index contributed by atoms with van der Waals surface area (Å²) >= 11 is 6.72. The van der Waals surface area contributed by atoms with Gasteiger partial charge in [0.05, 0.1) is 8.95 Å². The second-order valence-corrected chi connectivity index (χ2v) is 6.26. The first-order chi connectivity index (χ1) is 8.99. The number of hydrogen-bond donors (Lipinski definition) is 1. The fraction of sp³-hybridized carbons (Fsp3) is 0.200. The molecular formula is C15H15Br2NO. The van der Waals surface area contributed by atoms with Crippen molar-refractivity contribution in [3.05, 3.63) is 56.5 Å². The minimum atomic E-state index is 0.238. The van der Waals surface area contributed by atoms with E-state index in [1.54, 1.807) is 0 Å². The zero-order valence-corrected chi connectivity index (χ0v) is 14.0. The monoisotopic (exact) mass is 383 g/mol. The molecule has 0 amide bonds. The Balaban J connectivity index is 2.24. The van der Waals surface area contributed by atoms with Crippen LogP contribution in [0.5, 0.6) is 5.75 Å². The van der Waals surface area contributed by atoms with Gasteiger partial charge in [-0.05, 0) is 68.1 Å². The van der Waals surface area contributed by atoms with Gasteiger partial charge in [0, 0.05) is 19.3 Å². The van der Waals surface area contributed by atoms with E-state index in [0.29, 0.717) is 8.95 Å². The molecule has 0 aliphatic rings. The predicted octanol–water partition coefficient (Wildman–Crippen LogP) is 4.86. The average molecular weight is 385 g/mol. The van der Waals surface area contributed by atoms with Crippen LogP contribution in [0.3, 0.4) is 0 Å². The smallest absolute Gasteiger partial charge is 0.143 e. The van der Waals surface area contributed by atoms with Crippen molar-refractivity contribution >= 4 is 37.5 Å². The highest BCUT2D eigenvalue weighted by Gasteiger charge is 2.09. The number of phenolic OH excluding ortho intramolecular Hbond substituents is 1. The number of halogens is 2. The number of aromatic hydroxyl groups is 1. The maximum atomic E-state index is 9.72. The molecule has 100 valence electrons. The van der Waals surface area contributed by atoms with Crippen LogP contribution in [0.4, 0.5) is 5.69 Å². The van der Waals surface area contributed by atoms with E-state index in [1.807, 2.05) is 24.3 Å². The van der Waals surface area contributed by atoms with Crippen molar-refractivity contribution in [2.75, 3.05) is 11.9 Å². The molecule has 4 heteroatoms. The number of benzene rings is 2. The topological polar surface area (TPSA) is 23.5 Å². The lowest BCUT2D eigenvalue weighted by molar-refractivity contribution is 0.468. The van der Waals surface area contributed by atoms with Gasteiger partial charge in [0.15, 0.2) is 0 Å². The summed E-state index contributed by atoms with van der Waals surface area (Å²) in [7, 11) is 2.07. The van der Waals surface area contributed by atoms with Crippen molar-refractivity contribution in [2.45, 2.75) is 13.5 Å². The Hall–Kier alpha value is -1.000. The minimum Gasteiger partial charge on any atom is -0.506 e. The van der Waals surface area contributed by atoms with Crippen LogP contribution in [-0.4, -0.2) is 12.2 Å². The maximum Gasteiger partial charge on any atom is 0.143 e. The SMILES string of the molecule is Cc1ccccc1N(C)Cc1cc(Br)c(O)c(Br)c1. The molecule has 0 radical (unpaired) electrons. The van der Waals surface area contributed by atoms with Gasteiger partial charge in [-0.15, -0.1) is 0 Å². The van der Waals surface area contributed by atoms with E-state index < -0.39 is 0 Å². The van der Waals surface area contributed by atoms with Crippen molar-refractivity contribution in [3.8, 4) is 5.75 Å². The molecule has 0 aliphatic heterocycles. The van der Waals surface area contributed by atoms with Gasteiger partial charge < -0.3 is 10.0 Å². The van der Waals surface area contributed by atoms with E-state index >= 15 is 0 Å². The average Bonchev–Trinajstić information content (AvgIpc) is 2.36. The third-order valence-corrected chi connectivity index (χ3v) is 4.23. The maximum absolute atomic E-state index is 9.72. The molecule has 0 unspecified atom stereocenters. The lowest BCUT2D eigenvalue weighted by Crippen LogP contribution is -2.17. The van der Waals surface area contributed by atoms with E-state index in [2.05, 4.69) is 62.9 Å². The first-order valence-corrected chi connectivity index (χ1v) is 7.51. The van der Waals surface area contributed by atoms with Gasteiger partial charge in [0.2, 0.25) is 0 Å². The largest absolute Gasteiger partial charge is 0.506 e. The van der Waals surface area contributed by atoms with Gasteiger partial charge in [0.1, 0.15) is 5.75 Å². The van der Waals surface area contributed by atoms with Gasteiger partial charge in [-0.3, -0.25) is 0 Å². The van der Waals surface area contributed by atoms with Crippen LogP contribution in [0, 0.1) is 6.92 Å². The molecule has 0 saturated carbocycles. The molecule has 1 N–H and O–H groups in total. The standard InChI is InChI=1S/C15H15Br2NO/c1-10-5-3-4-6-14(10)18(2)9-11-7-12(16)15(19)13(17)8-11/h3-8,19H,9H2,1-2H3. The Kier molecular flexibility index (Phi) is 4.53. The third kappa shape index (κ3) is 3.31. The van der Waals surface area contributed by atoms with E-state index in [9.17, 15) is 5.11 Å². The molecule has 0 spiro atoms. The fourth-order valence-electron chi connectivity index (χ4n) is 2.06. The van der Waals surface area contributed by atoms with Gasteiger partial charge in [0.25, 0.3) is 0 Å². The molecule has 0 aromatic heterocycles. The van der Waals surface area contributed by atoms with Crippen molar-refractivity contribution in [1.82, 2.24) is 0 Å². The second-order valence-electron chi connectivity index (χ2n) is 4.55. The molecule has 0 bridgehead atoms. The Morgan fingerprint density at radius 2 is 1.68 bits per heavy atom. The molecule has 0 atom stereocenters. The van der Waals surface area contributed by atoms with Gasteiger partial charge in [-0.25, -0.2) is 0 Å². The van der Waals surface area contributed by atoms with Crippen LogP contribution in [0.25, 0.3) is 0 Å². The van der Waals surface area contributed by atoms with Crippen LogP contribution in [0.15, 0.2) is 45.3 Å². The lowest BCUT2D eigenvalue weighted by atomic mass is 10.1. The van der Waals surface area contributed by atoms with Crippen LogP contribution in [0.2, 0.25) is 0 Å². The molecule has 2 aromatic rings. The number of hydrogen-bond acceptors (Lipinski definition) is 2. The molecule has 19 heavy (non-hydrogen) atoms. The summed E-state index contributed by atoms with van der Waals surface area (Å²) in [5.74, 6) is 0.238. The summed E-state index contributed by atoms with van der Waals surface area (Å²) in [4.78, 5) is 2.20. The zero-order chi connectivity index (χ0) is 14.0. The highest BCUT2D eigenvalue weighted by atomic mass is 79.9. The van der Waals surface area contributed by atoms with Gasteiger partial charge in [-0.1, -0.05) is 18.2 Å². The molecular weight excluding hydrogens is 370 g/mol. The van der Waals surface area contributed by atoms with Crippen molar-refractivity contribution in [2.24, 2.45) is 0 Å². The van der Waals surface area contributed by atoms with Gasteiger partial charge in [-0.2, -0.15) is 0 Å². The van der Waals surface area contributed by atoms with Crippen molar-refractivity contribution < 1.29 is 5.11 Å². The highest BCUT2D eigenvalue weighted by Crippen LogP contribution is 2.34. The molecule has 0 heterocycles. The third-order valence-electron chi connectivity index (χ3n) is 3.02. The summed E-state index contributed by atoms with van der Waals surface area (Å²) < 4.78 is 1.41. The highest BCUT2D eigenvalue weighted by molar-refractivity contribution is 9.11. The van der Waals surface area contributed by atoms with Crippen LogP contribution in [0.1, 0.15) is 11.1 Å². The Bertz CT molecular complexity index is 575. The second kappa shape index (κ2) is 5.97. The lowest BCUT2D eigenvalue weighted by Gasteiger charge is -2.22. The number of aryl methyl sites for hydroxylation is 1. The summed E-state index contributed by atoms with van der Waals surface area (Å²) in [5.41, 5.74) is 3.59. The summed E-state index contributed by atoms with van der Waals surface area (Å²) in [6.45, 7) is 2.89. The summed E-state index contributed by atoms with van der Waals surface area (Å²) in [6, 6.07) is 12.2.